The minimum atomic E-state index is -4.87. The van der Waals surface area contributed by atoms with Crippen molar-refractivity contribution in [2.75, 3.05) is 0 Å². The quantitative estimate of drug-likeness (QED) is 0.856. The zero-order chi connectivity index (χ0) is 17.3. The molecule has 2 aromatic rings. The van der Waals surface area contributed by atoms with Gasteiger partial charge in [-0.1, -0.05) is 0 Å². The molecule has 0 bridgehead atoms. The van der Waals surface area contributed by atoms with Crippen LogP contribution in [0.4, 0.5) is 26.3 Å². The first kappa shape index (κ1) is 17.1. The van der Waals surface area contributed by atoms with Crippen molar-refractivity contribution in [3.8, 4) is 17.0 Å². The van der Waals surface area contributed by atoms with Crippen molar-refractivity contribution in [2.45, 2.75) is 19.1 Å². The van der Waals surface area contributed by atoms with Crippen molar-refractivity contribution in [1.82, 2.24) is 4.98 Å². The van der Waals surface area contributed by atoms with Gasteiger partial charge in [0.2, 0.25) is 0 Å². The summed E-state index contributed by atoms with van der Waals surface area (Å²) in [5, 5.41) is 9.22. The zero-order valence-electron chi connectivity index (χ0n) is 11.2. The Morgan fingerprint density at radius 1 is 0.957 bits per heavy atom. The highest BCUT2D eigenvalue weighted by Gasteiger charge is 2.34. The number of alkyl halides is 6. The van der Waals surface area contributed by atoms with E-state index in [0.717, 1.165) is 36.5 Å². The third-order valence-corrected chi connectivity index (χ3v) is 2.88. The Bertz CT molecular complexity index is 679. The van der Waals surface area contributed by atoms with E-state index in [4.69, 9.17) is 0 Å². The fraction of sp³-hybridized carbons (Fsp3) is 0.214. The molecular formula is C14H9F6NO2. The van der Waals surface area contributed by atoms with Gasteiger partial charge >= 0.3 is 12.5 Å². The second-order valence-corrected chi connectivity index (χ2v) is 4.41. The maximum atomic E-state index is 12.9. The van der Waals surface area contributed by atoms with E-state index in [1.165, 1.54) is 0 Å². The molecule has 1 aromatic heterocycles. The molecule has 0 aliphatic rings. The summed E-state index contributed by atoms with van der Waals surface area (Å²) in [6, 6.07) is 4.87. The third kappa shape index (κ3) is 4.13. The topological polar surface area (TPSA) is 42.4 Å². The van der Waals surface area contributed by atoms with Gasteiger partial charge in [-0.15, -0.1) is 13.2 Å². The first-order valence-electron chi connectivity index (χ1n) is 6.14. The van der Waals surface area contributed by atoms with E-state index >= 15 is 0 Å². The molecule has 0 atom stereocenters. The fourth-order valence-electron chi connectivity index (χ4n) is 1.98. The molecule has 0 amide bonds. The van der Waals surface area contributed by atoms with Crippen molar-refractivity contribution < 1.29 is 36.2 Å². The number of nitrogens with zero attached hydrogens (tertiary/aromatic N) is 1. The van der Waals surface area contributed by atoms with Gasteiger partial charge in [-0.2, -0.15) is 13.2 Å². The number of hydrogen-bond acceptors (Lipinski definition) is 3. The number of ether oxygens (including phenoxy) is 1. The number of pyridine rings is 1. The van der Waals surface area contributed by atoms with Crippen LogP contribution in [0.1, 0.15) is 11.1 Å². The van der Waals surface area contributed by atoms with Gasteiger partial charge < -0.3 is 9.84 Å². The number of halogens is 6. The molecule has 1 N–H and O–H groups in total. The molecule has 0 radical (unpaired) electrons. The van der Waals surface area contributed by atoms with Gasteiger partial charge in [-0.3, -0.25) is 4.98 Å². The summed E-state index contributed by atoms with van der Waals surface area (Å²) >= 11 is 0. The van der Waals surface area contributed by atoms with Crippen molar-refractivity contribution in [3.05, 3.63) is 47.7 Å². The van der Waals surface area contributed by atoms with Crippen LogP contribution in [0.15, 0.2) is 36.5 Å². The van der Waals surface area contributed by atoms with Crippen LogP contribution in [0, 0.1) is 0 Å². The van der Waals surface area contributed by atoms with Crippen LogP contribution < -0.4 is 4.74 Å². The number of benzene rings is 1. The minimum absolute atomic E-state index is 0.120. The second-order valence-electron chi connectivity index (χ2n) is 4.41. The van der Waals surface area contributed by atoms with Crippen LogP contribution in [-0.2, 0) is 12.8 Å². The molecule has 0 saturated carbocycles. The van der Waals surface area contributed by atoms with Crippen LogP contribution in [0.2, 0.25) is 0 Å². The smallest absolute Gasteiger partial charge is 0.406 e. The molecule has 1 heterocycles. The first-order chi connectivity index (χ1) is 10.6. The highest BCUT2D eigenvalue weighted by atomic mass is 19.4. The Morgan fingerprint density at radius 2 is 1.57 bits per heavy atom. The third-order valence-electron chi connectivity index (χ3n) is 2.88. The molecule has 1 aromatic carbocycles. The van der Waals surface area contributed by atoms with E-state index in [0.29, 0.717) is 0 Å². The van der Waals surface area contributed by atoms with E-state index in [-0.39, 0.29) is 11.3 Å². The van der Waals surface area contributed by atoms with Crippen LogP contribution in [-0.4, -0.2) is 16.5 Å². The lowest BCUT2D eigenvalue weighted by molar-refractivity contribution is -0.274. The number of aromatic nitrogens is 1. The van der Waals surface area contributed by atoms with Crippen LogP contribution in [0.3, 0.4) is 0 Å². The maximum Gasteiger partial charge on any atom is 0.573 e. The summed E-state index contributed by atoms with van der Waals surface area (Å²) in [5.41, 5.74) is -1.55. The number of rotatable bonds is 3. The molecule has 124 valence electrons. The maximum absolute atomic E-state index is 12.9. The highest BCUT2D eigenvalue weighted by Crippen LogP contribution is 2.36. The van der Waals surface area contributed by atoms with Gasteiger partial charge in [0.15, 0.2) is 0 Å². The van der Waals surface area contributed by atoms with E-state index in [1.807, 2.05) is 0 Å². The molecule has 0 fully saturated rings. The Labute approximate surface area is 126 Å². The SMILES string of the molecule is OCc1c(C(F)(F)F)ccnc1-c1ccc(OC(F)(F)F)cc1. The average molecular weight is 337 g/mol. The lowest BCUT2D eigenvalue weighted by atomic mass is 10.0. The largest absolute Gasteiger partial charge is 0.573 e. The molecule has 0 unspecified atom stereocenters. The Kier molecular flexibility index (Phi) is 4.51. The van der Waals surface area contributed by atoms with Crippen molar-refractivity contribution in [1.29, 1.82) is 0 Å². The van der Waals surface area contributed by atoms with Crippen LogP contribution in [0.5, 0.6) is 5.75 Å². The van der Waals surface area contributed by atoms with Crippen molar-refractivity contribution in [3.63, 3.8) is 0 Å². The average Bonchev–Trinajstić information content (AvgIpc) is 2.44. The molecule has 0 aliphatic carbocycles. The lowest BCUT2D eigenvalue weighted by Gasteiger charge is -2.15. The van der Waals surface area contributed by atoms with E-state index in [1.54, 1.807) is 0 Å². The van der Waals surface area contributed by atoms with Crippen LogP contribution in [0.25, 0.3) is 11.3 Å². The highest BCUT2D eigenvalue weighted by molar-refractivity contribution is 5.65. The van der Waals surface area contributed by atoms with E-state index < -0.39 is 36.0 Å². The van der Waals surface area contributed by atoms with Gasteiger partial charge in [0.25, 0.3) is 0 Å². The number of aliphatic hydroxyl groups is 1. The van der Waals surface area contributed by atoms with Gasteiger partial charge in [0.1, 0.15) is 5.75 Å². The molecule has 0 spiro atoms. The van der Waals surface area contributed by atoms with Crippen molar-refractivity contribution in [2.24, 2.45) is 0 Å². The monoisotopic (exact) mass is 337 g/mol. The standard InChI is InChI=1S/C14H9F6NO2/c15-13(16,17)11-5-6-21-12(10(11)7-22)8-1-3-9(4-2-8)23-14(18,19)20/h1-6,22H,7H2. The number of aliphatic hydroxyl groups excluding tert-OH is 1. The second kappa shape index (κ2) is 6.07. The molecule has 9 heteroatoms. The molecule has 3 nitrogen and oxygen atoms in total. The van der Waals surface area contributed by atoms with Crippen molar-refractivity contribution >= 4 is 0 Å². The molecule has 0 saturated heterocycles. The van der Waals surface area contributed by atoms with E-state index in [9.17, 15) is 31.4 Å². The Balaban J connectivity index is 2.43. The number of hydrogen-bond donors (Lipinski definition) is 1. The van der Waals surface area contributed by atoms with Gasteiger partial charge in [0, 0.05) is 17.3 Å². The fourth-order valence-corrected chi connectivity index (χ4v) is 1.98. The summed E-state index contributed by atoms with van der Waals surface area (Å²) in [6.07, 6.45) is -8.64. The summed E-state index contributed by atoms with van der Waals surface area (Å²) in [7, 11) is 0. The molecule has 2 rings (SSSR count). The van der Waals surface area contributed by atoms with Gasteiger partial charge in [0.05, 0.1) is 17.9 Å². The summed E-state index contributed by atoms with van der Waals surface area (Å²) in [4.78, 5) is 3.78. The van der Waals surface area contributed by atoms with E-state index in [2.05, 4.69) is 9.72 Å². The van der Waals surface area contributed by atoms with Gasteiger partial charge in [-0.25, -0.2) is 0 Å². The Morgan fingerprint density at radius 3 is 2.04 bits per heavy atom. The Hall–Kier alpha value is -2.29. The zero-order valence-corrected chi connectivity index (χ0v) is 11.2. The predicted molar refractivity (Wildman–Crippen MR) is 67.3 cm³/mol. The first-order valence-corrected chi connectivity index (χ1v) is 6.14. The normalized spacial score (nSPS) is 12.3. The summed E-state index contributed by atoms with van der Waals surface area (Å²) in [5.74, 6) is -0.515. The van der Waals surface area contributed by atoms with Gasteiger partial charge in [-0.05, 0) is 30.3 Å². The van der Waals surface area contributed by atoms with Crippen LogP contribution >= 0.6 is 0 Å². The predicted octanol–water partition coefficient (Wildman–Crippen LogP) is 4.16. The summed E-state index contributed by atoms with van der Waals surface area (Å²) in [6.45, 7) is -0.918. The molecule has 0 aliphatic heterocycles. The molecular weight excluding hydrogens is 328 g/mol. The molecule has 23 heavy (non-hydrogen) atoms. The summed E-state index contributed by atoms with van der Waals surface area (Å²) < 4.78 is 78.6. The lowest BCUT2D eigenvalue weighted by Crippen LogP contribution is -2.17. The minimum Gasteiger partial charge on any atom is -0.406 e.